The van der Waals surface area contributed by atoms with Crippen LogP contribution in [-0.2, 0) is 21.2 Å². The SMILES string of the molecule is O=C(O)CN(Cc1ccccc1Br)C1CCS(=O)(=O)C1. The van der Waals surface area contributed by atoms with Gasteiger partial charge in [0.15, 0.2) is 9.84 Å². The van der Waals surface area contributed by atoms with E-state index in [-0.39, 0.29) is 24.1 Å². The number of carboxylic acid groups (broad SMARTS) is 1. The van der Waals surface area contributed by atoms with E-state index in [0.29, 0.717) is 13.0 Å². The zero-order chi connectivity index (χ0) is 14.8. The lowest BCUT2D eigenvalue weighted by Gasteiger charge is -2.26. The largest absolute Gasteiger partial charge is 0.480 e. The van der Waals surface area contributed by atoms with Crippen molar-refractivity contribution in [3.05, 3.63) is 34.3 Å². The molecule has 20 heavy (non-hydrogen) atoms. The van der Waals surface area contributed by atoms with Gasteiger partial charge in [0.25, 0.3) is 0 Å². The van der Waals surface area contributed by atoms with Crippen LogP contribution in [0.25, 0.3) is 0 Å². The van der Waals surface area contributed by atoms with Crippen LogP contribution in [0.3, 0.4) is 0 Å². The fourth-order valence-corrected chi connectivity index (χ4v) is 4.57. The number of hydrogen-bond donors (Lipinski definition) is 1. The van der Waals surface area contributed by atoms with Crippen LogP contribution in [0.4, 0.5) is 0 Å². The van der Waals surface area contributed by atoms with Crippen molar-refractivity contribution in [3.8, 4) is 0 Å². The zero-order valence-electron chi connectivity index (χ0n) is 10.8. The summed E-state index contributed by atoms with van der Waals surface area (Å²) < 4.78 is 24.0. The first-order chi connectivity index (χ1) is 9.37. The Labute approximate surface area is 126 Å². The lowest BCUT2D eigenvalue weighted by Crippen LogP contribution is -2.39. The minimum Gasteiger partial charge on any atom is -0.480 e. The van der Waals surface area contributed by atoms with Crippen LogP contribution in [0.15, 0.2) is 28.7 Å². The van der Waals surface area contributed by atoms with E-state index >= 15 is 0 Å². The second kappa shape index (κ2) is 6.24. The molecule has 1 saturated heterocycles. The molecule has 7 heteroatoms. The van der Waals surface area contributed by atoms with E-state index in [1.807, 2.05) is 24.3 Å². The summed E-state index contributed by atoms with van der Waals surface area (Å²) >= 11 is 3.43. The monoisotopic (exact) mass is 361 g/mol. The summed E-state index contributed by atoms with van der Waals surface area (Å²) in [6, 6.07) is 7.34. The lowest BCUT2D eigenvalue weighted by molar-refractivity contribution is -0.139. The van der Waals surface area contributed by atoms with E-state index in [1.165, 1.54) is 0 Å². The van der Waals surface area contributed by atoms with Crippen LogP contribution < -0.4 is 0 Å². The number of hydrogen-bond acceptors (Lipinski definition) is 4. The Morgan fingerprint density at radius 3 is 2.65 bits per heavy atom. The molecule has 0 saturated carbocycles. The summed E-state index contributed by atoms with van der Waals surface area (Å²) in [4.78, 5) is 12.7. The van der Waals surface area contributed by atoms with Gasteiger partial charge in [0.2, 0.25) is 0 Å². The molecule has 0 bridgehead atoms. The zero-order valence-corrected chi connectivity index (χ0v) is 13.2. The quantitative estimate of drug-likeness (QED) is 0.860. The highest BCUT2D eigenvalue weighted by Gasteiger charge is 2.33. The fourth-order valence-electron chi connectivity index (χ4n) is 2.40. The topological polar surface area (TPSA) is 74.7 Å². The summed E-state index contributed by atoms with van der Waals surface area (Å²) in [6.45, 7) is 0.273. The lowest BCUT2D eigenvalue weighted by atomic mass is 10.1. The maximum absolute atomic E-state index is 11.6. The average Bonchev–Trinajstić information content (AvgIpc) is 2.71. The molecule has 1 unspecified atom stereocenters. The van der Waals surface area contributed by atoms with Gasteiger partial charge in [0.1, 0.15) is 0 Å². The molecular formula is C13H16BrNO4S. The number of halogens is 1. The smallest absolute Gasteiger partial charge is 0.317 e. The van der Waals surface area contributed by atoms with Gasteiger partial charge in [-0.1, -0.05) is 34.1 Å². The van der Waals surface area contributed by atoms with Crippen LogP contribution in [0, 0.1) is 0 Å². The van der Waals surface area contributed by atoms with E-state index in [9.17, 15) is 13.2 Å². The standard InChI is InChI=1S/C13H16BrNO4S/c14-12-4-2-1-3-10(12)7-15(8-13(16)17)11-5-6-20(18,19)9-11/h1-4,11H,5-9H2,(H,16,17). The Kier molecular flexibility index (Phi) is 4.82. The summed E-state index contributed by atoms with van der Waals surface area (Å²) in [6.07, 6.45) is 0.500. The second-order valence-corrected chi connectivity index (χ2v) is 8.03. The summed E-state index contributed by atoms with van der Waals surface area (Å²) in [5.74, 6) is -0.754. The molecule has 1 N–H and O–H groups in total. The first-order valence-corrected chi connectivity index (χ1v) is 8.88. The highest BCUT2D eigenvalue weighted by Crippen LogP contribution is 2.23. The average molecular weight is 362 g/mol. The third-order valence-corrected chi connectivity index (χ3v) is 5.92. The fraction of sp³-hybridized carbons (Fsp3) is 0.462. The molecule has 0 radical (unpaired) electrons. The highest BCUT2D eigenvalue weighted by atomic mass is 79.9. The normalized spacial score (nSPS) is 21.2. The number of sulfone groups is 1. The molecule has 110 valence electrons. The van der Waals surface area contributed by atoms with Gasteiger partial charge in [-0.25, -0.2) is 8.42 Å². The Balaban J connectivity index is 2.16. The Morgan fingerprint density at radius 1 is 1.40 bits per heavy atom. The minimum absolute atomic E-state index is 0.0464. The van der Waals surface area contributed by atoms with Gasteiger partial charge in [-0.2, -0.15) is 0 Å². The molecular weight excluding hydrogens is 346 g/mol. The molecule has 1 fully saturated rings. The molecule has 0 spiro atoms. The third kappa shape index (κ3) is 4.04. The van der Waals surface area contributed by atoms with E-state index in [4.69, 9.17) is 5.11 Å². The third-order valence-electron chi connectivity index (χ3n) is 3.39. The van der Waals surface area contributed by atoms with Gasteiger partial charge in [-0.15, -0.1) is 0 Å². The van der Waals surface area contributed by atoms with Crippen LogP contribution >= 0.6 is 15.9 Å². The molecule has 0 aromatic heterocycles. The van der Waals surface area contributed by atoms with E-state index in [0.717, 1.165) is 10.0 Å². The summed E-state index contributed by atoms with van der Waals surface area (Å²) in [5, 5.41) is 9.02. The molecule has 1 aliphatic rings. The Bertz CT molecular complexity index is 602. The maximum Gasteiger partial charge on any atom is 0.317 e. The Morgan fingerprint density at radius 2 is 2.10 bits per heavy atom. The number of nitrogens with zero attached hydrogens (tertiary/aromatic N) is 1. The number of carbonyl (C=O) groups is 1. The van der Waals surface area contributed by atoms with Crippen LogP contribution in [0.5, 0.6) is 0 Å². The van der Waals surface area contributed by atoms with Gasteiger partial charge in [-0.05, 0) is 18.1 Å². The van der Waals surface area contributed by atoms with Crippen molar-refractivity contribution >= 4 is 31.7 Å². The predicted octanol–water partition coefficient (Wildman–Crippen LogP) is 1.52. The van der Waals surface area contributed by atoms with Crippen molar-refractivity contribution in [1.29, 1.82) is 0 Å². The Hall–Kier alpha value is -0.920. The molecule has 1 atom stereocenters. The van der Waals surface area contributed by atoms with Crippen molar-refractivity contribution in [2.24, 2.45) is 0 Å². The van der Waals surface area contributed by atoms with Crippen LogP contribution in [0.1, 0.15) is 12.0 Å². The molecule has 2 rings (SSSR count). The molecule has 0 aliphatic carbocycles. The first-order valence-electron chi connectivity index (χ1n) is 6.27. The number of rotatable bonds is 5. The van der Waals surface area contributed by atoms with Crippen LogP contribution in [0.2, 0.25) is 0 Å². The van der Waals surface area contributed by atoms with Crippen molar-refractivity contribution < 1.29 is 18.3 Å². The minimum atomic E-state index is -3.03. The number of aliphatic carboxylic acids is 1. The van der Waals surface area contributed by atoms with Crippen molar-refractivity contribution in [3.63, 3.8) is 0 Å². The first kappa shape index (κ1) is 15.5. The van der Waals surface area contributed by atoms with Crippen molar-refractivity contribution in [2.45, 2.75) is 19.0 Å². The molecule has 1 aromatic rings. The maximum atomic E-state index is 11.6. The van der Waals surface area contributed by atoms with Gasteiger partial charge in [-0.3, -0.25) is 9.69 Å². The highest BCUT2D eigenvalue weighted by molar-refractivity contribution is 9.10. The van der Waals surface area contributed by atoms with Crippen molar-refractivity contribution in [1.82, 2.24) is 4.90 Å². The second-order valence-electron chi connectivity index (χ2n) is 4.95. The van der Waals surface area contributed by atoms with Gasteiger partial charge in [0.05, 0.1) is 18.1 Å². The predicted molar refractivity (Wildman–Crippen MR) is 79.2 cm³/mol. The molecule has 1 heterocycles. The number of benzene rings is 1. The van der Waals surface area contributed by atoms with E-state index in [1.54, 1.807) is 4.90 Å². The summed E-state index contributed by atoms with van der Waals surface area (Å²) in [7, 11) is -3.03. The van der Waals surface area contributed by atoms with Gasteiger partial charge >= 0.3 is 5.97 Å². The summed E-state index contributed by atoms with van der Waals surface area (Å²) in [5.41, 5.74) is 0.957. The van der Waals surface area contributed by atoms with Gasteiger partial charge in [0, 0.05) is 17.1 Å². The van der Waals surface area contributed by atoms with E-state index in [2.05, 4.69) is 15.9 Å². The molecule has 1 aromatic carbocycles. The molecule has 1 aliphatic heterocycles. The molecule has 5 nitrogen and oxygen atoms in total. The number of carboxylic acids is 1. The van der Waals surface area contributed by atoms with E-state index < -0.39 is 15.8 Å². The van der Waals surface area contributed by atoms with Crippen molar-refractivity contribution in [2.75, 3.05) is 18.1 Å². The van der Waals surface area contributed by atoms with Crippen LogP contribution in [-0.4, -0.2) is 48.5 Å². The molecule has 0 amide bonds. The van der Waals surface area contributed by atoms with Gasteiger partial charge < -0.3 is 5.11 Å².